The summed E-state index contributed by atoms with van der Waals surface area (Å²) in [4.78, 5) is 26.7. The maximum absolute atomic E-state index is 12.3. The Balaban J connectivity index is 1.49. The topological polar surface area (TPSA) is 92.4 Å². The van der Waals surface area contributed by atoms with Crippen LogP contribution in [0.25, 0.3) is 22.8 Å². The zero-order valence-corrected chi connectivity index (χ0v) is 17.1. The van der Waals surface area contributed by atoms with Gasteiger partial charge in [-0.05, 0) is 42.0 Å². The number of H-pyrrole nitrogens is 1. The van der Waals surface area contributed by atoms with Crippen molar-refractivity contribution in [3.63, 3.8) is 0 Å². The summed E-state index contributed by atoms with van der Waals surface area (Å²) in [6.45, 7) is 6.52. The Labute approximate surface area is 179 Å². The molecule has 8 nitrogen and oxygen atoms in total. The molecule has 0 bridgehead atoms. The Morgan fingerprint density at radius 3 is 3.10 bits per heavy atom. The molecule has 0 fully saturated rings. The Morgan fingerprint density at radius 1 is 1.26 bits per heavy atom. The number of rotatable bonds is 3. The molecule has 5 rings (SSSR count). The third kappa shape index (κ3) is 3.83. The normalized spacial score (nSPS) is 15.8. The van der Waals surface area contributed by atoms with Crippen molar-refractivity contribution in [2.45, 2.75) is 13.0 Å². The lowest BCUT2D eigenvalue weighted by molar-refractivity contribution is -0.114. The molecule has 2 aliphatic rings. The first-order chi connectivity index (χ1) is 15.2. The molecule has 0 spiro atoms. The van der Waals surface area contributed by atoms with Gasteiger partial charge in [0.1, 0.15) is 12.4 Å². The molecule has 0 unspecified atom stereocenters. The minimum absolute atomic E-state index is 0.156. The smallest absolute Gasteiger partial charge is 0.250 e. The Bertz CT molecular complexity index is 1110. The van der Waals surface area contributed by atoms with Crippen molar-refractivity contribution >= 4 is 11.6 Å². The van der Waals surface area contributed by atoms with Crippen LogP contribution in [0.15, 0.2) is 49.2 Å². The van der Waals surface area contributed by atoms with E-state index in [9.17, 15) is 4.79 Å². The van der Waals surface area contributed by atoms with Gasteiger partial charge in [-0.1, -0.05) is 6.58 Å². The average Bonchev–Trinajstić information content (AvgIpc) is 3.19. The molecular weight excluding hydrogens is 394 g/mol. The van der Waals surface area contributed by atoms with E-state index in [2.05, 4.69) is 27.9 Å². The van der Waals surface area contributed by atoms with Crippen LogP contribution < -0.4 is 15.0 Å². The van der Waals surface area contributed by atoms with Crippen LogP contribution in [0.5, 0.6) is 5.75 Å². The number of amides is 1. The zero-order chi connectivity index (χ0) is 21.2. The minimum atomic E-state index is -0.156. The van der Waals surface area contributed by atoms with Gasteiger partial charge in [0.2, 0.25) is 0 Å². The zero-order valence-electron chi connectivity index (χ0n) is 17.1. The molecule has 158 valence electrons. The number of benzene rings is 1. The molecule has 0 radical (unpaired) electrons. The predicted octanol–water partition coefficient (Wildman–Crippen LogP) is 2.67. The molecule has 0 aliphatic carbocycles. The molecule has 0 saturated carbocycles. The molecule has 4 heterocycles. The van der Waals surface area contributed by atoms with E-state index in [1.165, 1.54) is 6.08 Å². The molecule has 0 atom stereocenters. The molecule has 1 aromatic carbocycles. The van der Waals surface area contributed by atoms with Gasteiger partial charge < -0.3 is 19.4 Å². The molecule has 2 aromatic heterocycles. The Hall–Kier alpha value is -3.49. The van der Waals surface area contributed by atoms with Crippen LogP contribution in [-0.4, -0.2) is 47.3 Å². The number of nitrogens with one attached hydrogen (secondary N) is 2. The highest BCUT2D eigenvalue weighted by Crippen LogP contribution is 2.35. The van der Waals surface area contributed by atoms with Crippen molar-refractivity contribution in [1.29, 1.82) is 0 Å². The summed E-state index contributed by atoms with van der Waals surface area (Å²) in [6, 6.07) is 9.64. The molecule has 3 aromatic rings. The second-order valence-electron chi connectivity index (χ2n) is 7.42. The summed E-state index contributed by atoms with van der Waals surface area (Å²) in [5.41, 5.74) is 5.57. The van der Waals surface area contributed by atoms with Crippen molar-refractivity contribution in [3.05, 3.63) is 60.4 Å². The van der Waals surface area contributed by atoms with E-state index in [0.29, 0.717) is 43.8 Å². The number of ether oxygens (including phenoxy) is 2. The van der Waals surface area contributed by atoms with Crippen molar-refractivity contribution in [3.8, 4) is 28.5 Å². The molecular formula is C23H23N5O3. The lowest BCUT2D eigenvalue weighted by Gasteiger charge is -2.29. The third-order valence-electron chi connectivity index (χ3n) is 5.46. The fraction of sp³-hybridized carbons (Fsp3) is 0.261. The lowest BCUT2D eigenvalue weighted by Crippen LogP contribution is -2.36. The maximum Gasteiger partial charge on any atom is 0.250 e. The monoisotopic (exact) mass is 417 g/mol. The van der Waals surface area contributed by atoms with Crippen LogP contribution in [0.2, 0.25) is 0 Å². The largest absolute Gasteiger partial charge is 0.490 e. The van der Waals surface area contributed by atoms with Crippen molar-refractivity contribution < 1.29 is 14.3 Å². The molecule has 31 heavy (non-hydrogen) atoms. The molecule has 1 amide bonds. The number of fused-ring (bicyclic) bond motifs is 2. The third-order valence-corrected chi connectivity index (χ3v) is 5.46. The highest BCUT2D eigenvalue weighted by atomic mass is 16.5. The second kappa shape index (κ2) is 8.33. The Kier molecular flexibility index (Phi) is 5.23. The minimum Gasteiger partial charge on any atom is -0.490 e. The summed E-state index contributed by atoms with van der Waals surface area (Å²) in [5, 5.41) is 3.24. The van der Waals surface area contributed by atoms with Gasteiger partial charge in [-0.15, -0.1) is 0 Å². The average molecular weight is 417 g/mol. The number of hydrogen-bond acceptors (Lipinski definition) is 6. The van der Waals surface area contributed by atoms with Crippen LogP contribution in [0.3, 0.4) is 0 Å². The summed E-state index contributed by atoms with van der Waals surface area (Å²) in [6.07, 6.45) is 3.97. The number of hydrogen-bond donors (Lipinski definition) is 2. The first-order valence-electron chi connectivity index (χ1n) is 10.3. The van der Waals surface area contributed by atoms with Gasteiger partial charge in [0.25, 0.3) is 5.91 Å². The highest BCUT2D eigenvalue weighted by molar-refractivity contribution is 6.02. The predicted molar refractivity (Wildman–Crippen MR) is 117 cm³/mol. The van der Waals surface area contributed by atoms with E-state index in [1.54, 1.807) is 11.1 Å². The van der Waals surface area contributed by atoms with Crippen LogP contribution in [-0.2, 0) is 22.6 Å². The molecule has 2 aliphatic heterocycles. The van der Waals surface area contributed by atoms with E-state index in [4.69, 9.17) is 14.5 Å². The highest BCUT2D eigenvalue weighted by Gasteiger charge is 2.23. The van der Waals surface area contributed by atoms with Crippen molar-refractivity contribution in [1.82, 2.24) is 20.3 Å². The lowest BCUT2D eigenvalue weighted by atomic mass is 10.1. The second-order valence-corrected chi connectivity index (χ2v) is 7.42. The maximum atomic E-state index is 12.3. The fourth-order valence-corrected chi connectivity index (χ4v) is 3.89. The van der Waals surface area contributed by atoms with Gasteiger partial charge >= 0.3 is 0 Å². The number of aromatic amines is 1. The first-order valence-corrected chi connectivity index (χ1v) is 10.3. The fourth-order valence-electron chi connectivity index (χ4n) is 3.89. The van der Waals surface area contributed by atoms with E-state index in [0.717, 1.165) is 41.2 Å². The van der Waals surface area contributed by atoms with E-state index in [1.807, 2.05) is 24.3 Å². The SMILES string of the molecule is C=CC(=O)N1CCOc2ccc(-c3nccc(-c4cc5c([nH]4)CCNCOC5)n3)cc21. The van der Waals surface area contributed by atoms with Gasteiger partial charge in [0.05, 0.1) is 37.0 Å². The summed E-state index contributed by atoms with van der Waals surface area (Å²) >= 11 is 0. The van der Waals surface area contributed by atoms with Crippen LogP contribution in [0, 0.1) is 0 Å². The van der Waals surface area contributed by atoms with Gasteiger partial charge in [-0.3, -0.25) is 10.1 Å². The number of carbonyl (C=O) groups excluding carboxylic acids is 1. The number of carbonyl (C=O) groups is 1. The van der Waals surface area contributed by atoms with Crippen LogP contribution in [0.4, 0.5) is 5.69 Å². The van der Waals surface area contributed by atoms with E-state index in [-0.39, 0.29) is 5.91 Å². The van der Waals surface area contributed by atoms with Crippen LogP contribution in [0.1, 0.15) is 11.3 Å². The van der Waals surface area contributed by atoms with Gasteiger partial charge in [0.15, 0.2) is 5.82 Å². The molecule has 8 heteroatoms. The van der Waals surface area contributed by atoms with E-state index < -0.39 is 0 Å². The van der Waals surface area contributed by atoms with Gasteiger partial charge in [-0.25, -0.2) is 9.97 Å². The number of anilines is 1. The number of aromatic nitrogens is 3. The summed E-state index contributed by atoms with van der Waals surface area (Å²) in [5.74, 6) is 1.09. The van der Waals surface area contributed by atoms with Crippen molar-refractivity contribution in [2.24, 2.45) is 0 Å². The Morgan fingerprint density at radius 2 is 2.19 bits per heavy atom. The van der Waals surface area contributed by atoms with E-state index >= 15 is 0 Å². The quantitative estimate of drug-likeness (QED) is 0.637. The molecule has 2 N–H and O–H groups in total. The van der Waals surface area contributed by atoms with Crippen molar-refractivity contribution in [2.75, 3.05) is 31.3 Å². The van der Waals surface area contributed by atoms with Gasteiger partial charge in [0, 0.05) is 30.4 Å². The first kappa shape index (κ1) is 19.5. The number of nitrogens with zero attached hydrogens (tertiary/aromatic N) is 3. The van der Waals surface area contributed by atoms with Gasteiger partial charge in [-0.2, -0.15) is 0 Å². The summed E-state index contributed by atoms with van der Waals surface area (Å²) < 4.78 is 11.3. The summed E-state index contributed by atoms with van der Waals surface area (Å²) in [7, 11) is 0. The molecule has 0 saturated heterocycles. The standard InChI is InChI=1S/C23H23N5O3/c1-2-22(29)28-9-10-31-21-4-3-15(12-20(21)28)23-25-8-6-18(27-23)19-11-16-13-30-14-24-7-5-17(16)26-19/h2-4,6,8,11-12,24,26H,1,5,7,9-10,13-14H2. The van der Waals surface area contributed by atoms with Crippen LogP contribution >= 0.6 is 0 Å².